The number of hydrogen-bond acceptors (Lipinski definition) is 4. The van der Waals surface area contributed by atoms with E-state index in [0.717, 1.165) is 0 Å². The van der Waals surface area contributed by atoms with Crippen LogP contribution in [0.4, 0.5) is 10.1 Å². The van der Waals surface area contributed by atoms with Gasteiger partial charge in [-0.15, -0.1) is 0 Å². The van der Waals surface area contributed by atoms with Gasteiger partial charge in [-0.1, -0.05) is 15.9 Å². The maximum absolute atomic E-state index is 13.6. The molecule has 20 heavy (non-hydrogen) atoms. The summed E-state index contributed by atoms with van der Waals surface area (Å²) in [6.07, 6.45) is 0. The Labute approximate surface area is 120 Å². The van der Waals surface area contributed by atoms with Crippen molar-refractivity contribution in [1.29, 1.82) is 0 Å². The first-order valence-corrected chi connectivity index (χ1v) is 6.37. The number of nitrogen functional groups attached to an aromatic ring is 1. The molecule has 3 N–H and O–H groups in total. The van der Waals surface area contributed by atoms with Crippen molar-refractivity contribution in [2.75, 3.05) is 5.73 Å². The lowest BCUT2D eigenvalue weighted by molar-refractivity contribution is 0.444. The number of aromatic amines is 1. The summed E-state index contributed by atoms with van der Waals surface area (Å²) >= 11 is 3.23. The van der Waals surface area contributed by atoms with Gasteiger partial charge in [0.05, 0.1) is 11.2 Å². The molecule has 102 valence electrons. The number of ether oxygens (including phenoxy) is 1. The van der Waals surface area contributed by atoms with Crippen molar-refractivity contribution in [3.63, 3.8) is 0 Å². The van der Waals surface area contributed by atoms with Gasteiger partial charge in [0.2, 0.25) is 0 Å². The van der Waals surface area contributed by atoms with Crippen molar-refractivity contribution in [2.24, 2.45) is 0 Å². The molecule has 0 bridgehead atoms. The van der Waals surface area contributed by atoms with E-state index >= 15 is 0 Å². The zero-order chi connectivity index (χ0) is 14.3. The summed E-state index contributed by atoms with van der Waals surface area (Å²) in [6.45, 7) is 0. The second-order valence-corrected chi connectivity index (χ2v) is 4.99. The maximum Gasteiger partial charge on any atom is 0.417 e. The molecule has 2 aromatic carbocycles. The smallest absolute Gasteiger partial charge is 0.417 e. The summed E-state index contributed by atoms with van der Waals surface area (Å²) < 4.78 is 24.6. The van der Waals surface area contributed by atoms with Crippen molar-refractivity contribution in [3.8, 4) is 11.5 Å². The van der Waals surface area contributed by atoms with E-state index in [1.807, 2.05) is 0 Å². The van der Waals surface area contributed by atoms with Crippen LogP contribution in [0.1, 0.15) is 0 Å². The highest BCUT2D eigenvalue weighted by atomic mass is 79.9. The molecule has 0 unspecified atom stereocenters. The first kappa shape index (κ1) is 12.7. The van der Waals surface area contributed by atoms with Gasteiger partial charge >= 0.3 is 5.76 Å². The molecule has 0 amide bonds. The van der Waals surface area contributed by atoms with E-state index in [1.165, 1.54) is 24.3 Å². The average molecular weight is 339 g/mol. The Balaban J connectivity index is 2.07. The van der Waals surface area contributed by atoms with Crippen LogP contribution in [0.2, 0.25) is 0 Å². The van der Waals surface area contributed by atoms with E-state index in [0.29, 0.717) is 15.6 Å². The van der Waals surface area contributed by atoms with Gasteiger partial charge in [0, 0.05) is 16.6 Å². The van der Waals surface area contributed by atoms with Crippen molar-refractivity contribution in [2.45, 2.75) is 0 Å². The fraction of sp³-hybridized carbons (Fsp3) is 0. The Hall–Kier alpha value is -2.28. The first-order valence-electron chi connectivity index (χ1n) is 5.58. The van der Waals surface area contributed by atoms with Crippen LogP contribution in [0.3, 0.4) is 0 Å². The zero-order valence-electron chi connectivity index (χ0n) is 9.94. The van der Waals surface area contributed by atoms with Crippen LogP contribution in [0, 0.1) is 5.82 Å². The highest BCUT2D eigenvalue weighted by Crippen LogP contribution is 2.33. The van der Waals surface area contributed by atoms with E-state index < -0.39 is 11.6 Å². The fourth-order valence-corrected chi connectivity index (χ4v) is 2.10. The largest absolute Gasteiger partial charge is 0.452 e. The Morgan fingerprint density at radius 2 is 2.05 bits per heavy atom. The molecule has 3 aromatic rings. The van der Waals surface area contributed by atoms with Crippen LogP contribution in [-0.2, 0) is 0 Å². The number of fused-ring (bicyclic) bond motifs is 1. The minimum Gasteiger partial charge on any atom is -0.452 e. The molecule has 0 aliphatic rings. The summed E-state index contributed by atoms with van der Waals surface area (Å²) in [6, 6.07) is 7.24. The molecule has 3 rings (SSSR count). The highest BCUT2D eigenvalue weighted by Gasteiger charge is 2.11. The number of benzene rings is 2. The molecule has 0 saturated heterocycles. The van der Waals surface area contributed by atoms with Gasteiger partial charge in [0.25, 0.3) is 0 Å². The van der Waals surface area contributed by atoms with Crippen LogP contribution >= 0.6 is 15.9 Å². The van der Waals surface area contributed by atoms with Crippen LogP contribution in [0.5, 0.6) is 11.5 Å². The molecule has 0 saturated carbocycles. The second-order valence-electron chi connectivity index (χ2n) is 4.08. The predicted octanol–water partition coefficient (Wildman–Crippen LogP) is 3.40. The minimum absolute atomic E-state index is 0.0243. The minimum atomic E-state index is -0.592. The zero-order valence-corrected chi connectivity index (χ0v) is 11.5. The summed E-state index contributed by atoms with van der Waals surface area (Å²) in [5.74, 6) is -0.860. The number of oxazole rings is 1. The number of anilines is 1. The average Bonchev–Trinajstić information content (AvgIpc) is 2.73. The van der Waals surface area contributed by atoms with Gasteiger partial charge < -0.3 is 14.9 Å². The fourth-order valence-electron chi connectivity index (χ4n) is 1.76. The Kier molecular flexibility index (Phi) is 2.98. The molecule has 0 fully saturated rings. The number of H-pyrrole nitrogens is 1. The highest BCUT2D eigenvalue weighted by molar-refractivity contribution is 9.10. The number of aromatic nitrogens is 1. The third-order valence-electron chi connectivity index (χ3n) is 2.66. The van der Waals surface area contributed by atoms with E-state index in [9.17, 15) is 9.18 Å². The topological polar surface area (TPSA) is 81.2 Å². The Morgan fingerprint density at radius 1 is 1.25 bits per heavy atom. The van der Waals surface area contributed by atoms with Crippen molar-refractivity contribution < 1.29 is 13.5 Å². The molecule has 7 heteroatoms. The normalized spacial score (nSPS) is 10.9. The summed E-state index contributed by atoms with van der Waals surface area (Å²) in [4.78, 5) is 13.6. The Morgan fingerprint density at radius 3 is 2.85 bits per heavy atom. The van der Waals surface area contributed by atoms with Crippen LogP contribution in [0.15, 0.2) is 44.0 Å². The molecule has 0 aliphatic carbocycles. The van der Waals surface area contributed by atoms with Crippen molar-refractivity contribution in [3.05, 3.63) is 51.2 Å². The number of rotatable bonds is 2. The molecule has 0 radical (unpaired) electrons. The molecule has 5 nitrogen and oxygen atoms in total. The van der Waals surface area contributed by atoms with E-state index in [1.54, 1.807) is 6.07 Å². The molecule has 0 spiro atoms. The molecule has 1 aromatic heterocycles. The third kappa shape index (κ3) is 2.27. The van der Waals surface area contributed by atoms with Gasteiger partial charge in [-0.25, -0.2) is 9.18 Å². The van der Waals surface area contributed by atoms with E-state index in [2.05, 4.69) is 20.9 Å². The summed E-state index contributed by atoms with van der Waals surface area (Å²) in [5.41, 5.74) is 6.77. The summed E-state index contributed by atoms with van der Waals surface area (Å²) in [7, 11) is 0. The maximum atomic E-state index is 13.6. The second kappa shape index (κ2) is 4.68. The molecule has 0 aliphatic heterocycles. The SMILES string of the molecule is Nc1cc2oc(=O)[nH]c2cc1Oc1cc(Br)ccc1F. The predicted molar refractivity (Wildman–Crippen MR) is 75.4 cm³/mol. The lowest BCUT2D eigenvalue weighted by Gasteiger charge is -2.09. The van der Waals surface area contributed by atoms with Gasteiger partial charge in [0.1, 0.15) is 0 Å². The lowest BCUT2D eigenvalue weighted by atomic mass is 10.2. The first-order chi connectivity index (χ1) is 9.52. The lowest BCUT2D eigenvalue weighted by Crippen LogP contribution is -1.94. The summed E-state index contributed by atoms with van der Waals surface area (Å²) in [5, 5.41) is 0. The van der Waals surface area contributed by atoms with Crippen LogP contribution in [0.25, 0.3) is 11.1 Å². The van der Waals surface area contributed by atoms with Gasteiger partial charge in [0.15, 0.2) is 22.9 Å². The molecule has 1 heterocycles. The molecular formula is C13H8BrFN2O3. The monoisotopic (exact) mass is 338 g/mol. The van der Waals surface area contributed by atoms with Crippen molar-refractivity contribution >= 4 is 32.7 Å². The van der Waals surface area contributed by atoms with E-state index in [4.69, 9.17) is 14.9 Å². The molecular weight excluding hydrogens is 331 g/mol. The number of halogens is 2. The standard InChI is InChI=1S/C13H8BrFN2O3/c14-6-1-2-7(15)10(3-6)19-11-5-9-12(4-8(11)16)20-13(18)17-9/h1-5H,16H2,(H,17,18). The van der Waals surface area contributed by atoms with Gasteiger partial charge in [-0.05, 0) is 18.2 Å². The number of nitrogens with one attached hydrogen (secondary N) is 1. The van der Waals surface area contributed by atoms with Gasteiger partial charge in [-0.2, -0.15) is 0 Å². The number of nitrogens with two attached hydrogens (primary N) is 1. The van der Waals surface area contributed by atoms with Crippen LogP contribution in [-0.4, -0.2) is 4.98 Å². The quantitative estimate of drug-likeness (QED) is 0.701. The third-order valence-corrected chi connectivity index (χ3v) is 3.16. The van der Waals surface area contributed by atoms with Crippen molar-refractivity contribution in [1.82, 2.24) is 4.98 Å². The van der Waals surface area contributed by atoms with Gasteiger partial charge in [-0.3, -0.25) is 4.98 Å². The molecule has 0 atom stereocenters. The van der Waals surface area contributed by atoms with E-state index in [-0.39, 0.29) is 17.2 Å². The van der Waals surface area contributed by atoms with Crippen LogP contribution < -0.4 is 16.2 Å². The number of hydrogen-bond donors (Lipinski definition) is 2. The Bertz CT molecular complexity index is 856.